The van der Waals surface area contributed by atoms with E-state index in [9.17, 15) is 14.4 Å². The molecule has 0 bridgehead atoms. The van der Waals surface area contributed by atoms with E-state index in [4.69, 9.17) is 9.26 Å². The average Bonchev–Trinajstić information content (AvgIpc) is 3.46. The standard InChI is InChI=1S/C21H28N4O5S/c1-3-29-21(28)15-9-11-25(12-10-15)19(27)14-24(2)18(26)8-4-7-17-22-20(23-30-17)16-6-5-13-31-16/h5-6,13,15H,3-4,7-12,14H2,1-2H3. The second-order valence-corrected chi connectivity index (χ2v) is 8.45. The molecule has 168 valence electrons. The van der Waals surface area contributed by atoms with Gasteiger partial charge >= 0.3 is 5.97 Å². The van der Waals surface area contributed by atoms with Gasteiger partial charge in [0.25, 0.3) is 0 Å². The topological polar surface area (TPSA) is 106 Å². The molecular formula is C21H28N4O5S. The fourth-order valence-corrected chi connectivity index (χ4v) is 4.11. The van der Waals surface area contributed by atoms with Gasteiger partial charge in [-0.2, -0.15) is 4.98 Å². The molecule has 1 aliphatic heterocycles. The molecule has 3 rings (SSSR count). The second-order valence-electron chi connectivity index (χ2n) is 7.50. The number of rotatable bonds is 9. The van der Waals surface area contributed by atoms with E-state index in [0.717, 1.165) is 4.88 Å². The molecule has 0 aromatic carbocycles. The molecule has 0 atom stereocenters. The predicted molar refractivity (Wildman–Crippen MR) is 114 cm³/mol. The van der Waals surface area contributed by atoms with Gasteiger partial charge in [-0.3, -0.25) is 14.4 Å². The van der Waals surface area contributed by atoms with Crippen LogP contribution in [0.1, 0.15) is 38.5 Å². The number of hydrogen-bond acceptors (Lipinski definition) is 8. The van der Waals surface area contributed by atoms with E-state index in [1.54, 1.807) is 18.9 Å². The number of likely N-dealkylation sites (tertiary alicyclic amines) is 1. The van der Waals surface area contributed by atoms with Crippen LogP contribution in [0.3, 0.4) is 0 Å². The SMILES string of the molecule is CCOC(=O)C1CCN(C(=O)CN(C)C(=O)CCCc2nc(-c3cccs3)no2)CC1. The van der Waals surface area contributed by atoms with E-state index in [-0.39, 0.29) is 30.2 Å². The largest absolute Gasteiger partial charge is 0.466 e. The Morgan fingerprint density at radius 2 is 2.10 bits per heavy atom. The van der Waals surface area contributed by atoms with Gasteiger partial charge in [0.1, 0.15) is 0 Å². The summed E-state index contributed by atoms with van der Waals surface area (Å²) in [5.74, 6) is 0.521. The third kappa shape index (κ3) is 6.36. The minimum Gasteiger partial charge on any atom is -0.466 e. The molecule has 10 heteroatoms. The van der Waals surface area contributed by atoms with Crippen LogP contribution in [0.5, 0.6) is 0 Å². The lowest BCUT2D eigenvalue weighted by Gasteiger charge is -2.32. The Bertz CT molecular complexity index is 874. The highest BCUT2D eigenvalue weighted by Crippen LogP contribution is 2.22. The minimum absolute atomic E-state index is 0.0337. The van der Waals surface area contributed by atoms with E-state index >= 15 is 0 Å². The first-order chi connectivity index (χ1) is 15.0. The maximum Gasteiger partial charge on any atom is 0.309 e. The molecule has 0 spiro atoms. The molecule has 0 N–H and O–H groups in total. The fraction of sp³-hybridized carbons (Fsp3) is 0.571. The van der Waals surface area contributed by atoms with Gasteiger partial charge in [-0.15, -0.1) is 11.3 Å². The maximum atomic E-state index is 12.5. The van der Waals surface area contributed by atoms with Crippen molar-refractivity contribution in [2.24, 2.45) is 5.92 Å². The number of carbonyl (C=O) groups is 3. The van der Waals surface area contributed by atoms with Gasteiger partial charge in [0.05, 0.1) is 23.9 Å². The van der Waals surface area contributed by atoms with Gasteiger partial charge in [-0.1, -0.05) is 11.2 Å². The molecule has 1 fully saturated rings. The van der Waals surface area contributed by atoms with Crippen LogP contribution in [0.2, 0.25) is 0 Å². The lowest BCUT2D eigenvalue weighted by molar-refractivity contribution is -0.151. The molecule has 9 nitrogen and oxygen atoms in total. The summed E-state index contributed by atoms with van der Waals surface area (Å²) in [6.45, 7) is 3.20. The number of hydrogen-bond donors (Lipinski definition) is 0. The van der Waals surface area contributed by atoms with Crippen molar-refractivity contribution in [3.8, 4) is 10.7 Å². The molecule has 1 saturated heterocycles. The van der Waals surface area contributed by atoms with Crippen LogP contribution in [-0.4, -0.2) is 71.0 Å². The van der Waals surface area contributed by atoms with Crippen molar-refractivity contribution in [3.05, 3.63) is 23.4 Å². The summed E-state index contributed by atoms with van der Waals surface area (Å²) < 4.78 is 10.3. The number of amides is 2. The summed E-state index contributed by atoms with van der Waals surface area (Å²) in [6, 6.07) is 3.85. The Morgan fingerprint density at radius 3 is 2.77 bits per heavy atom. The van der Waals surface area contributed by atoms with E-state index < -0.39 is 0 Å². The van der Waals surface area contributed by atoms with E-state index in [0.29, 0.717) is 63.5 Å². The van der Waals surface area contributed by atoms with Gasteiger partial charge in [0.2, 0.25) is 23.5 Å². The zero-order valence-corrected chi connectivity index (χ0v) is 18.7. The first kappa shape index (κ1) is 22.9. The zero-order valence-electron chi connectivity index (χ0n) is 17.9. The van der Waals surface area contributed by atoms with Crippen LogP contribution in [-0.2, 0) is 25.5 Å². The van der Waals surface area contributed by atoms with Crippen molar-refractivity contribution in [1.82, 2.24) is 19.9 Å². The number of aryl methyl sites for hydroxylation is 1. The highest BCUT2D eigenvalue weighted by Gasteiger charge is 2.28. The van der Waals surface area contributed by atoms with Gasteiger partial charge in [-0.25, -0.2) is 0 Å². The number of piperidine rings is 1. The number of ether oxygens (including phenoxy) is 1. The molecule has 2 aromatic heterocycles. The average molecular weight is 449 g/mol. The van der Waals surface area contributed by atoms with Crippen LogP contribution in [0.4, 0.5) is 0 Å². The molecule has 1 aliphatic rings. The molecule has 0 saturated carbocycles. The van der Waals surface area contributed by atoms with Crippen molar-refractivity contribution >= 4 is 29.1 Å². The monoisotopic (exact) mass is 448 g/mol. The molecule has 31 heavy (non-hydrogen) atoms. The summed E-state index contributed by atoms with van der Waals surface area (Å²) in [6.07, 6.45) is 2.56. The quantitative estimate of drug-likeness (QED) is 0.542. The van der Waals surface area contributed by atoms with E-state index in [1.165, 1.54) is 16.2 Å². The summed E-state index contributed by atoms with van der Waals surface area (Å²) in [5.41, 5.74) is 0. The number of thiophene rings is 1. The number of aromatic nitrogens is 2. The van der Waals surface area contributed by atoms with Crippen molar-refractivity contribution < 1.29 is 23.6 Å². The molecule has 2 amide bonds. The Hall–Kier alpha value is -2.75. The van der Waals surface area contributed by atoms with Crippen molar-refractivity contribution in [2.75, 3.05) is 33.3 Å². The zero-order chi connectivity index (χ0) is 22.2. The van der Waals surface area contributed by atoms with E-state index in [2.05, 4.69) is 10.1 Å². The third-order valence-corrected chi connectivity index (χ3v) is 6.12. The number of nitrogens with zero attached hydrogens (tertiary/aromatic N) is 4. The molecule has 0 radical (unpaired) electrons. The summed E-state index contributed by atoms with van der Waals surface area (Å²) in [5, 5.41) is 5.91. The highest BCUT2D eigenvalue weighted by atomic mass is 32.1. The molecule has 0 aliphatic carbocycles. The minimum atomic E-state index is -0.189. The van der Waals surface area contributed by atoms with Gasteiger partial charge < -0.3 is 19.1 Å². The fourth-order valence-electron chi connectivity index (χ4n) is 3.46. The normalized spacial score (nSPS) is 14.5. The molecule has 0 unspecified atom stereocenters. The third-order valence-electron chi connectivity index (χ3n) is 5.26. The Balaban J connectivity index is 1.36. The molecule has 3 heterocycles. The molecule has 2 aromatic rings. The Morgan fingerprint density at radius 1 is 1.32 bits per heavy atom. The highest BCUT2D eigenvalue weighted by molar-refractivity contribution is 7.13. The number of carbonyl (C=O) groups excluding carboxylic acids is 3. The number of esters is 1. The summed E-state index contributed by atoms with van der Waals surface area (Å²) >= 11 is 1.54. The van der Waals surface area contributed by atoms with Gasteiger partial charge in [0, 0.05) is 33.0 Å². The first-order valence-electron chi connectivity index (χ1n) is 10.5. The maximum absolute atomic E-state index is 12.5. The Labute approximate surface area is 185 Å². The summed E-state index contributed by atoms with van der Waals surface area (Å²) in [4.78, 5) is 45.2. The van der Waals surface area contributed by atoms with Crippen molar-refractivity contribution in [1.29, 1.82) is 0 Å². The van der Waals surface area contributed by atoms with Crippen molar-refractivity contribution in [2.45, 2.75) is 39.0 Å². The number of likely N-dealkylation sites (N-methyl/N-ethyl adjacent to an activating group) is 1. The lowest BCUT2D eigenvalue weighted by atomic mass is 9.97. The van der Waals surface area contributed by atoms with Crippen LogP contribution in [0.15, 0.2) is 22.0 Å². The van der Waals surface area contributed by atoms with Crippen LogP contribution in [0.25, 0.3) is 10.7 Å². The smallest absolute Gasteiger partial charge is 0.309 e. The van der Waals surface area contributed by atoms with Crippen molar-refractivity contribution in [3.63, 3.8) is 0 Å². The second kappa shape index (κ2) is 11.0. The van der Waals surface area contributed by atoms with E-state index in [1.807, 2.05) is 17.5 Å². The lowest BCUT2D eigenvalue weighted by Crippen LogP contribution is -2.45. The van der Waals surface area contributed by atoms with Gasteiger partial charge in [0.15, 0.2) is 0 Å². The van der Waals surface area contributed by atoms with Gasteiger partial charge in [-0.05, 0) is 37.6 Å². The van der Waals surface area contributed by atoms with Crippen LogP contribution >= 0.6 is 11.3 Å². The Kier molecular flexibility index (Phi) is 8.16. The summed E-state index contributed by atoms with van der Waals surface area (Å²) in [7, 11) is 1.63. The molecular weight excluding hydrogens is 420 g/mol. The predicted octanol–water partition coefficient (Wildman–Crippen LogP) is 2.38. The first-order valence-corrected chi connectivity index (χ1v) is 11.4. The van der Waals surface area contributed by atoms with Crippen LogP contribution < -0.4 is 0 Å². The van der Waals surface area contributed by atoms with Crippen LogP contribution in [0, 0.1) is 5.92 Å².